The Morgan fingerprint density at radius 2 is 2.07 bits per heavy atom. The van der Waals surface area contributed by atoms with Gasteiger partial charge in [0.1, 0.15) is 0 Å². The molecular weight excluding hydrogens is 376 g/mol. The van der Waals surface area contributed by atoms with Crippen LogP contribution in [-0.4, -0.2) is 40.1 Å². The van der Waals surface area contributed by atoms with Gasteiger partial charge in [0.15, 0.2) is 0 Å². The molecule has 152 valence electrons. The van der Waals surface area contributed by atoms with E-state index in [0.717, 1.165) is 19.4 Å². The number of benzene rings is 1. The average molecular weight is 405 g/mol. The van der Waals surface area contributed by atoms with E-state index in [1.807, 2.05) is 23.1 Å². The van der Waals surface area contributed by atoms with Gasteiger partial charge in [-0.25, -0.2) is 0 Å². The second-order valence-corrected chi connectivity index (χ2v) is 8.03. The van der Waals surface area contributed by atoms with Crippen molar-refractivity contribution < 1.29 is 9.21 Å². The molecule has 1 aromatic carbocycles. The summed E-state index contributed by atoms with van der Waals surface area (Å²) in [5.41, 5.74) is 0.717. The van der Waals surface area contributed by atoms with Crippen molar-refractivity contribution in [2.24, 2.45) is 5.92 Å². The third-order valence-corrected chi connectivity index (χ3v) is 5.62. The highest BCUT2D eigenvalue weighted by Gasteiger charge is 2.24. The number of nitrogens with one attached hydrogen (secondary N) is 1. The molecule has 6 nitrogen and oxygen atoms in total. The zero-order valence-electron chi connectivity index (χ0n) is 16.7. The van der Waals surface area contributed by atoms with Crippen molar-refractivity contribution in [2.45, 2.75) is 58.5 Å². The van der Waals surface area contributed by atoms with Gasteiger partial charge in [0.05, 0.1) is 23.7 Å². The molecule has 0 aliphatic heterocycles. The van der Waals surface area contributed by atoms with Gasteiger partial charge in [0, 0.05) is 6.04 Å². The maximum atomic E-state index is 12.6. The first-order valence-electron chi connectivity index (χ1n) is 10.2. The molecule has 7 heteroatoms. The Kier molecular flexibility index (Phi) is 7.45. The van der Waals surface area contributed by atoms with Gasteiger partial charge in [-0.05, 0) is 43.9 Å². The van der Waals surface area contributed by atoms with Crippen LogP contribution in [-0.2, 0) is 11.3 Å². The molecule has 2 aromatic rings. The highest BCUT2D eigenvalue weighted by Crippen LogP contribution is 2.26. The number of aromatic nitrogens is 2. The van der Waals surface area contributed by atoms with Crippen LogP contribution in [0.5, 0.6) is 0 Å². The normalized spacial score (nSPS) is 19.7. The molecule has 1 heterocycles. The molecule has 0 radical (unpaired) electrons. The van der Waals surface area contributed by atoms with Gasteiger partial charge in [-0.3, -0.25) is 9.69 Å². The summed E-state index contributed by atoms with van der Waals surface area (Å²) in [7, 11) is 0. The molecule has 2 unspecified atom stereocenters. The van der Waals surface area contributed by atoms with E-state index in [0.29, 0.717) is 47.4 Å². The molecule has 1 aliphatic rings. The Morgan fingerprint density at radius 3 is 2.82 bits per heavy atom. The number of rotatable bonds is 8. The predicted molar refractivity (Wildman–Crippen MR) is 110 cm³/mol. The van der Waals surface area contributed by atoms with Crippen LogP contribution in [0, 0.1) is 5.92 Å². The lowest BCUT2D eigenvalue weighted by Gasteiger charge is -2.30. The molecule has 0 spiro atoms. The third kappa shape index (κ3) is 5.55. The van der Waals surface area contributed by atoms with Crippen molar-refractivity contribution in [3.8, 4) is 11.5 Å². The first-order chi connectivity index (χ1) is 13.6. The van der Waals surface area contributed by atoms with Crippen molar-refractivity contribution in [3.63, 3.8) is 0 Å². The maximum Gasteiger partial charge on any atom is 0.249 e. The molecule has 1 saturated carbocycles. The molecule has 1 aliphatic carbocycles. The molecule has 1 amide bonds. The van der Waals surface area contributed by atoms with Crippen LogP contribution >= 0.6 is 11.6 Å². The number of amides is 1. The third-order valence-electron chi connectivity index (χ3n) is 5.29. The summed E-state index contributed by atoms with van der Waals surface area (Å²) in [6.45, 7) is 5.89. The zero-order chi connectivity index (χ0) is 19.9. The standard InChI is InChI=1S/C21H29ClN4O2/c1-3-12-26(13-19(27)23-18-11-7-4-8-15(18)2)14-20-24-25-21(28-20)16-9-5-6-10-17(16)22/h5-6,9-10,15,18H,3-4,7-8,11-14H2,1-2H3,(H,23,27). The SMILES string of the molecule is CCCN(CC(=O)NC1CCCCC1C)Cc1nnc(-c2ccccc2Cl)o1. The molecule has 3 rings (SSSR count). The van der Waals surface area contributed by atoms with E-state index < -0.39 is 0 Å². The van der Waals surface area contributed by atoms with E-state index in [2.05, 4.69) is 29.4 Å². The minimum absolute atomic E-state index is 0.0676. The lowest BCUT2D eigenvalue weighted by Crippen LogP contribution is -2.45. The van der Waals surface area contributed by atoms with Crippen LogP contribution in [0.4, 0.5) is 0 Å². The molecule has 1 aromatic heterocycles. The summed E-state index contributed by atoms with van der Waals surface area (Å²) in [5.74, 6) is 1.50. The van der Waals surface area contributed by atoms with Gasteiger partial charge in [-0.15, -0.1) is 10.2 Å². The van der Waals surface area contributed by atoms with Crippen LogP contribution in [0.15, 0.2) is 28.7 Å². The molecule has 1 N–H and O–H groups in total. The van der Waals surface area contributed by atoms with Gasteiger partial charge < -0.3 is 9.73 Å². The Morgan fingerprint density at radius 1 is 1.29 bits per heavy atom. The smallest absolute Gasteiger partial charge is 0.249 e. The quantitative estimate of drug-likeness (QED) is 0.710. The number of hydrogen-bond donors (Lipinski definition) is 1. The minimum atomic E-state index is 0.0676. The Bertz CT molecular complexity index is 779. The summed E-state index contributed by atoms with van der Waals surface area (Å²) in [6.07, 6.45) is 5.67. The summed E-state index contributed by atoms with van der Waals surface area (Å²) in [4.78, 5) is 14.6. The summed E-state index contributed by atoms with van der Waals surface area (Å²) in [6, 6.07) is 7.67. The molecular formula is C21H29ClN4O2. The highest BCUT2D eigenvalue weighted by atomic mass is 35.5. The lowest BCUT2D eigenvalue weighted by atomic mass is 9.86. The maximum absolute atomic E-state index is 12.6. The van der Waals surface area contributed by atoms with Crippen molar-refractivity contribution in [1.29, 1.82) is 0 Å². The first kappa shape index (κ1) is 20.8. The monoisotopic (exact) mass is 404 g/mol. The van der Waals surface area contributed by atoms with E-state index in [1.54, 1.807) is 6.07 Å². The number of halogens is 1. The van der Waals surface area contributed by atoms with Crippen molar-refractivity contribution in [1.82, 2.24) is 20.4 Å². The van der Waals surface area contributed by atoms with E-state index in [4.69, 9.17) is 16.0 Å². The van der Waals surface area contributed by atoms with Crippen molar-refractivity contribution in [2.75, 3.05) is 13.1 Å². The van der Waals surface area contributed by atoms with Gasteiger partial charge in [-0.1, -0.05) is 50.4 Å². The number of nitrogens with zero attached hydrogens (tertiary/aromatic N) is 3. The number of carbonyl (C=O) groups is 1. The molecule has 2 atom stereocenters. The van der Waals surface area contributed by atoms with Crippen LogP contribution in [0.2, 0.25) is 5.02 Å². The molecule has 0 bridgehead atoms. The van der Waals surface area contributed by atoms with Crippen LogP contribution in [0.3, 0.4) is 0 Å². The van der Waals surface area contributed by atoms with Gasteiger partial charge >= 0.3 is 0 Å². The van der Waals surface area contributed by atoms with Gasteiger partial charge in [-0.2, -0.15) is 0 Å². The summed E-state index contributed by atoms with van der Waals surface area (Å²) < 4.78 is 5.80. The second-order valence-electron chi connectivity index (χ2n) is 7.63. The highest BCUT2D eigenvalue weighted by molar-refractivity contribution is 6.33. The fraction of sp³-hybridized carbons (Fsp3) is 0.571. The second kappa shape index (κ2) is 10.0. The fourth-order valence-corrected chi connectivity index (χ4v) is 3.99. The van der Waals surface area contributed by atoms with Gasteiger partial charge in [0.25, 0.3) is 0 Å². The Labute approximate surface area is 171 Å². The largest absolute Gasteiger partial charge is 0.419 e. The van der Waals surface area contributed by atoms with E-state index in [1.165, 1.54) is 19.3 Å². The molecule has 28 heavy (non-hydrogen) atoms. The van der Waals surface area contributed by atoms with Crippen LogP contribution in [0.25, 0.3) is 11.5 Å². The molecule has 1 fully saturated rings. The van der Waals surface area contributed by atoms with Crippen LogP contribution < -0.4 is 5.32 Å². The van der Waals surface area contributed by atoms with Crippen molar-refractivity contribution >= 4 is 17.5 Å². The Balaban J connectivity index is 1.60. The lowest BCUT2D eigenvalue weighted by molar-refractivity contribution is -0.123. The number of carbonyl (C=O) groups excluding carboxylic acids is 1. The topological polar surface area (TPSA) is 71.3 Å². The van der Waals surface area contributed by atoms with E-state index >= 15 is 0 Å². The summed E-state index contributed by atoms with van der Waals surface area (Å²) in [5, 5.41) is 12.0. The molecule has 0 saturated heterocycles. The minimum Gasteiger partial charge on any atom is -0.419 e. The average Bonchev–Trinajstić information content (AvgIpc) is 3.12. The summed E-state index contributed by atoms with van der Waals surface area (Å²) >= 11 is 6.21. The predicted octanol–water partition coefficient (Wildman–Crippen LogP) is 4.30. The zero-order valence-corrected chi connectivity index (χ0v) is 17.4. The van der Waals surface area contributed by atoms with E-state index in [9.17, 15) is 4.79 Å². The van der Waals surface area contributed by atoms with Crippen molar-refractivity contribution in [3.05, 3.63) is 35.2 Å². The Hall–Kier alpha value is -1.92. The van der Waals surface area contributed by atoms with Gasteiger partial charge in [0.2, 0.25) is 17.7 Å². The first-order valence-corrected chi connectivity index (χ1v) is 10.5. The fourth-order valence-electron chi connectivity index (χ4n) is 3.77. The van der Waals surface area contributed by atoms with E-state index in [-0.39, 0.29) is 5.91 Å². The number of hydrogen-bond acceptors (Lipinski definition) is 5. The van der Waals surface area contributed by atoms with Crippen LogP contribution in [0.1, 0.15) is 51.8 Å².